The number of morpholine rings is 1. The van der Waals surface area contributed by atoms with Crippen molar-refractivity contribution in [3.05, 3.63) is 58.1 Å². The van der Waals surface area contributed by atoms with E-state index in [2.05, 4.69) is 5.32 Å². The molecule has 2 aromatic carbocycles. The van der Waals surface area contributed by atoms with Crippen LogP contribution in [0.2, 0.25) is 10.0 Å². The summed E-state index contributed by atoms with van der Waals surface area (Å²) in [5.41, 5.74) is 1.19. The summed E-state index contributed by atoms with van der Waals surface area (Å²) in [6.07, 6.45) is 0. The fourth-order valence-electron chi connectivity index (χ4n) is 3.24. The number of halogens is 2. The monoisotopic (exact) mass is 485 g/mol. The highest BCUT2D eigenvalue weighted by molar-refractivity contribution is 7.89. The topological polar surface area (TPSA) is 79.0 Å². The summed E-state index contributed by atoms with van der Waals surface area (Å²) in [6, 6.07) is 11.8. The summed E-state index contributed by atoms with van der Waals surface area (Å²) in [5.74, 6) is -0.295. The predicted molar refractivity (Wildman–Crippen MR) is 122 cm³/mol. The first kappa shape index (κ1) is 24.0. The average molecular weight is 486 g/mol. The number of hydrogen-bond acceptors (Lipinski definition) is 5. The maximum Gasteiger partial charge on any atom is 0.243 e. The molecule has 31 heavy (non-hydrogen) atoms. The summed E-state index contributed by atoms with van der Waals surface area (Å²) in [7, 11) is -3.69. The van der Waals surface area contributed by atoms with Crippen molar-refractivity contribution >= 4 is 44.8 Å². The molecular weight excluding hydrogens is 461 g/mol. The predicted octanol–water partition coefficient (Wildman–Crippen LogP) is 3.47. The maximum absolute atomic E-state index is 12.9. The molecule has 0 bridgehead atoms. The van der Waals surface area contributed by atoms with Crippen LogP contribution in [0.4, 0.5) is 5.69 Å². The first-order chi connectivity index (χ1) is 14.8. The van der Waals surface area contributed by atoms with Crippen LogP contribution in [0.15, 0.2) is 47.4 Å². The third-order valence-corrected chi connectivity index (χ3v) is 7.58. The second-order valence-electron chi connectivity index (χ2n) is 7.10. The quantitative estimate of drug-likeness (QED) is 0.618. The normalized spacial score (nSPS) is 15.2. The molecule has 10 heteroatoms. The molecule has 1 heterocycles. The van der Waals surface area contributed by atoms with Gasteiger partial charge in [-0.05, 0) is 36.4 Å². The van der Waals surface area contributed by atoms with Crippen LogP contribution < -0.4 is 5.32 Å². The maximum atomic E-state index is 12.9. The minimum Gasteiger partial charge on any atom is -0.379 e. The lowest BCUT2D eigenvalue weighted by Crippen LogP contribution is -2.40. The number of sulfonamides is 1. The Balaban J connectivity index is 1.70. The van der Waals surface area contributed by atoms with Crippen molar-refractivity contribution < 1.29 is 17.9 Å². The Morgan fingerprint density at radius 2 is 1.84 bits per heavy atom. The standard InChI is InChI=1S/C21H25Cl2N3O4S/c1-2-25(14-16-5-3-4-6-18(16)22)15-21(27)24-20-13-17(7-8-19(20)23)31(28,29)26-9-11-30-12-10-26/h3-8,13H,2,9-12,14-15H2,1H3,(H,24,27). The third-order valence-electron chi connectivity index (χ3n) is 4.99. The molecule has 0 spiro atoms. The average Bonchev–Trinajstić information content (AvgIpc) is 2.76. The van der Waals surface area contributed by atoms with Gasteiger partial charge in [-0.2, -0.15) is 4.31 Å². The van der Waals surface area contributed by atoms with Gasteiger partial charge in [0.15, 0.2) is 0 Å². The van der Waals surface area contributed by atoms with Crippen molar-refractivity contribution in [1.82, 2.24) is 9.21 Å². The highest BCUT2D eigenvalue weighted by Gasteiger charge is 2.27. The molecule has 3 rings (SSSR count). The van der Waals surface area contributed by atoms with E-state index in [-0.39, 0.29) is 28.1 Å². The number of rotatable bonds is 8. The van der Waals surface area contributed by atoms with E-state index in [1.165, 1.54) is 22.5 Å². The van der Waals surface area contributed by atoms with Gasteiger partial charge in [0.25, 0.3) is 0 Å². The summed E-state index contributed by atoms with van der Waals surface area (Å²) in [5, 5.41) is 3.65. The Kier molecular flexibility index (Phi) is 8.32. The number of hydrogen-bond donors (Lipinski definition) is 1. The number of nitrogens with zero attached hydrogens (tertiary/aromatic N) is 2. The molecule has 0 aromatic heterocycles. The van der Waals surface area contributed by atoms with Crippen molar-refractivity contribution in [3.8, 4) is 0 Å². The molecule has 0 saturated carbocycles. The van der Waals surface area contributed by atoms with Crippen molar-refractivity contribution in [2.75, 3.05) is 44.7 Å². The van der Waals surface area contributed by atoms with Crippen LogP contribution in [0.5, 0.6) is 0 Å². The SMILES string of the molecule is CCN(CC(=O)Nc1cc(S(=O)(=O)N2CCOCC2)ccc1Cl)Cc1ccccc1Cl. The second-order valence-corrected chi connectivity index (χ2v) is 9.85. The van der Waals surface area contributed by atoms with Gasteiger partial charge < -0.3 is 10.1 Å². The van der Waals surface area contributed by atoms with Crippen molar-refractivity contribution in [3.63, 3.8) is 0 Å². The Labute approximate surface area is 192 Å². The highest BCUT2D eigenvalue weighted by Crippen LogP contribution is 2.27. The van der Waals surface area contributed by atoms with Crippen molar-refractivity contribution in [2.45, 2.75) is 18.4 Å². The molecule has 1 aliphatic heterocycles. The fraction of sp³-hybridized carbons (Fsp3) is 0.381. The number of likely N-dealkylation sites (N-methyl/N-ethyl adjacent to an activating group) is 1. The van der Waals surface area contributed by atoms with Gasteiger partial charge in [-0.1, -0.05) is 48.3 Å². The minimum absolute atomic E-state index is 0.0810. The van der Waals surface area contributed by atoms with Crippen LogP contribution in [0, 0.1) is 0 Å². The van der Waals surface area contributed by atoms with Gasteiger partial charge >= 0.3 is 0 Å². The van der Waals surface area contributed by atoms with E-state index in [4.69, 9.17) is 27.9 Å². The van der Waals surface area contributed by atoms with E-state index in [9.17, 15) is 13.2 Å². The summed E-state index contributed by atoms with van der Waals surface area (Å²) < 4.78 is 32.4. The molecule has 1 fully saturated rings. The van der Waals surface area contributed by atoms with Crippen LogP contribution in [0.25, 0.3) is 0 Å². The minimum atomic E-state index is -3.69. The van der Waals surface area contributed by atoms with Crippen LogP contribution in [0.1, 0.15) is 12.5 Å². The number of carbonyl (C=O) groups is 1. The molecule has 2 aromatic rings. The van der Waals surface area contributed by atoms with Gasteiger partial charge in [0.05, 0.1) is 35.4 Å². The van der Waals surface area contributed by atoms with Gasteiger partial charge in [-0.25, -0.2) is 8.42 Å². The van der Waals surface area contributed by atoms with Crippen LogP contribution in [-0.4, -0.2) is 62.9 Å². The first-order valence-electron chi connectivity index (χ1n) is 9.94. The highest BCUT2D eigenvalue weighted by atomic mass is 35.5. The van der Waals surface area contributed by atoms with Gasteiger partial charge in [0.1, 0.15) is 0 Å². The van der Waals surface area contributed by atoms with Gasteiger partial charge in [-0.3, -0.25) is 9.69 Å². The van der Waals surface area contributed by atoms with Crippen LogP contribution >= 0.6 is 23.2 Å². The molecule has 0 aliphatic carbocycles. The van der Waals surface area contributed by atoms with Gasteiger partial charge in [-0.15, -0.1) is 0 Å². The zero-order valence-corrected chi connectivity index (χ0v) is 19.5. The smallest absolute Gasteiger partial charge is 0.243 e. The van der Waals surface area contributed by atoms with E-state index in [1.807, 2.05) is 36.1 Å². The summed E-state index contributed by atoms with van der Waals surface area (Å²) >= 11 is 12.4. The van der Waals surface area contributed by atoms with Crippen molar-refractivity contribution in [2.24, 2.45) is 0 Å². The molecule has 168 valence electrons. The zero-order valence-electron chi connectivity index (χ0n) is 17.2. The van der Waals surface area contributed by atoms with Gasteiger partial charge in [0.2, 0.25) is 15.9 Å². The molecular formula is C21H25Cl2N3O4S. The molecule has 7 nitrogen and oxygen atoms in total. The Morgan fingerprint density at radius 3 is 2.52 bits per heavy atom. The molecule has 0 radical (unpaired) electrons. The van der Waals surface area contributed by atoms with Crippen molar-refractivity contribution in [1.29, 1.82) is 0 Å². The van der Waals surface area contributed by atoms with Gasteiger partial charge in [0, 0.05) is 24.7 Å². The molecule has 1 saturated heterocycles. The lowest BCUT2D eigenvalue weighted by molar-refractivity contribution is -0.117. The molecule has 1 amide bonds. The summed E-state index contributed by atoms with van der Waals surface area (Å²) in [4.78, 5) is 14.7. The zero-order chi connectivity index (χ0) is 22.4. The Morgan fingerprint density at radius 1 is 1.13 bits per heavy atom. The molecule has 1 aliphatic rings. The van der Waals surface area contributed by atoms with E-state index >= 15 is 0 Å². The van der Waals surface area contributed by atoms with E-state index in [0.717, 1.165) is 5.56 Å². The lowest BCUT2D eigenvalue weighted by Gasteiger charge is -2.26. The summed E-state index contributed by atoms with van der Waals surface area (Å²) in [6.45, 7) is 4.51. The van der Waals surface area contributed by atoms with E-state index < -0.39 is 10.0 Å². The molecule has 1 N–H and O–H groups in total. The largest absolute Gasteiger partial charge is 0.379 e. The number of ether oxygens (including phenoxy) is 1. The Bertz CT molecular complexity index is 1030. The second kappa shape index (κ2) is 10.8. The van der Waals surface area contributed by atoms with E-state index in [1.54, 1.807) is 0 Å². The third kappa shape index (κ3) is 6.19. The number of anilines is 1. The molecule has 0 atom stereocenters. The first-order valence-corrected chi connectivity index (χ1v) is 12.1. The Hall–Kier alpha value is -1.68. The number of carbonyl (C=O) groups excluding carboxylic acids is 1. The van der Waals surface area contributed by atoms with Crippen LogP contribution in [-0.2, 0) is 26.1 Å². The van der Waals surface area contributed by atoms with Crippen LogP contribution in [0.3, 0.4) is 0 Å². The number of nitrogens with one attached hydrogen (secondary N) is 1. The number of amides is 1. The van der Waals surface area contributed by atoms with E-state index in [0.29, 0.717) is 44.4 Å². The molecule has 0 unspecified atom stereocenters. The lowest BCUT2D eigenvalue weighted by atomic mass is 10.2. The number of benzene rings is 2. The fourth-order valence-corrected chi connectivity index (χ4v) is 5.03.